The zero-order valence-electron chi connectivity index (χ0n) is 18.7. The van der Waals surface area contributed by atoms with Crippen LogP contribution in [0.1, 0.15) is 53.4 Å². The normalized spacial score (nSPS) is 17.7. The van der Waals surface area contributed by atoms with Crippen molar-refractivity contribution in [3.63, 3.8) is 0 Å². The fourth-order valence-corrected chi connectivity index (χ4v) is 3.87. The maximum Gasteiger partial charge on any atom is 0.333 e. The Hall–Kier alpha value is -3.29. The summed E-state index contributed by atoms with van der Waals surface area (Å²) >= 11 is 0. The Morgan fingerprint density at radius 2 is 2.09 bits per heavy atom. The van der Waals surface area contributed by atoms with Crippen LogP contribution in [0.5, 0.6) is 0 Å². The summed E-state index contributed by atoms with van der Waals surface area (Å²) < 4.78 is 21.7. The van der Waals surface area contributed by atoms with Gasteiger partial charge >= 0.3 is 5.69 Å². The number of benzene rings is 1. The Kier molecular flexibility index (Phi) is 7.79. The number of aliphatic hydroxyl groups is 1. The molecule has 9 nitrogen and oxygen atoms in total. The predicted molar refractivity (Wildman–Crippen MR) is 117 cm³/mol. The highest BCUT2D eigenvalue weighted by atomic mass is 19.1. The molecule has 1 fully saturated rings. The molecule has 2 heterocycles. The summed E-state index contributed by atoms with van der Waals surface area (Å²) in [7, 11) is 1.60. The van der Waals surface area contributed by atoms with Gasteiger partial charge in [-0.25, -0.2) is 9.18 Å². The number of aromatic nitrogens is 2. The molecule has 0 bridgehead atoms. The third kappa shape index (κ3) is 5.38. The summed E-state index contributed by atoms with van der Waals surface area (Å²) in [6.45, 7) is 2.06. The Bertz CT molecular complexity index is 1180. The minimum atomic E-state index is -0.680. The van der Waals surface area contributed by atoms with Crippen LogP contribution in [-0.4, -0.2) is 51.4 Å². The fraction of sp³-hybridized carbons (Fsp3) is 0.478. The number of nitrogens with zero attached hydrogens (tertiary/aromatic N) is 4. The Labute approximate surface area is 190 Å². The maximum atomic E-state index is 13.5. The molecule has 0 unspecified atom stereocenters. The molecule has 3 rings (SSSR count). The van der Waals surface area contributed by atoms with E-state index < -0.39 is 17.7 Å². The van der Waals surface area contributed by atoms with Crippen molar-refractivity contribution in [3.05, 3.63) is 67.7 Å². The number of hydrogen-bond donors (Lipinski definition) is 1. The lowest BCUT2D eigenvalue weighted by Crippen LogP contribution is -2.42. The average Bonchev–Trinajstić information content (AvgIpc) is 3.29. The number of aryl methyl sites for hydroxylation is 1. The molecule has 1 N–H and O–H groups in total. The van der Waals surface area contributed by atoms with Gasteiger partial charge in [-0.05, 0) is 50.8 Å². The lowest BCUT2D eigenvalue weighted by atomic mass is 10.1. The van der Waals surface area contributed by atoms with E-state index in [0.29, 0.717) is 37.8 Å². The second-order valence-corrected chi connectivity index (χ2v) is 8.17. The van der Waals surface area contributed by atoms with Gasteiger partial charge in [-0.3, -0.25) is 18.7 Å². The largest absolute Gasteiger partial charge is 0.394 e. The number of hydrogen-bond acceptors (Lipinski definition) is 6. The third-order valence-corrected chi connectivity index (χ3v) is 5.77. The number of rotatable bonds is 8. The lowest BCUT2D eigenvalue weighted by molar-refractivity contribution is -0.0253. The second-order valence-electron chi connectivity index (χ2n) is 8.17. The van der Waals surface area contributed by atoms with Gasteiger partial charge in [-0.2, -0.15) is 5.26 Å². The van der Waals surface area contributed by atoms with E-state index in [4.69, 9.17) is 10.00 Å². The zero-order chi connectivity index (χ0) is 24.1. The number of carbonyl (C=O) groups excluding carboxylic acids is 1. The van der Waals surface area contributed by atoms with Crippen LogP contribution in [0.4, 0.5) is 4.39 Å². The Morgan fingerprint density at radius 1 is 1.33 bits per heavy atom. The Balaban J connectivity index is 1.62. The lowest BCUT2D eigenvalue weighted by Gasteiger charge is -2.19. The molecular weight excluding hydrogens is 431 g/mol. The van der Waals surface area contributed by atoms with E-state index in [1.54, 1.807) is 20.0 Å². The minimum Gasteiger partial charge on any atom is -0.394 e. The number of carbonyl (C=O) groups is 1. The van der Waals surface area contributed by atoms with Crippen molar-refractivity contribution in [2.24, 2.45) is 0 Å². The molecule has 1 aliphatic heterocycles. The monoisotopic (exact) mass is 458 g/mol. The van der Waals surface area contributed by atoms with Crippen molar-refractivity contribution in [1.29, 1.82) is 5.26 Å². The second kappa shape index (κ2) is 10.6. The quantitative estimate of drug-likeness (QED) is 0.600. The van der Waals surface area contributed by atoms with Crippen LogP contribution in [-0.2, 0) is 11.3 Å². The van der Waals surface area contributed by atoms with E-state index in [9.17, 15) is 23.9 Å². The van der Waals surface area contributed by atoms with E-state index in [-0.39, 0.29) is 41.8 Å². The van der Waals surface area contributed by atoms with Crippen LogP contribution >= 0.6 is 0 Å². The van der Waals surface area contributed by atoms with E-state index in [2.05, 4.69) is 0 Å². The van der Waals surface area contributed by atoms with Gasteiger partial charge in [-0.1, -0.05) is 0 Å². The highest BCUT2D eigenvalue weighted by molar-refractivity contribution is 5.94. The maximum absolute atomic E-state index is 13.5. The third-order valence-electron chi connectivity index (χ3n) is 5.77. The number of ether oxygens (including phenoxy) is 1. The smallest absolute Gasteiger partial charge is 0.333 e. The molecule has 1 saturated heterocycles. The molecule has 0 radical (unpaired) electrons. The summed E-state index contributed by atoms with van der Waals surface area (Å²) in [5.74, 6) is -1.03. The first kappa shape index (κ1) is 24.4. The zero-order valence-corrected chi connectivity index (χ0v) is 18.7. The fourth-order valence-electron chi connectivity index (χ4n) is 3.87. The topological polar surface area (TPSA) is 118 Å². The highest BCUT2D eigenvalue weighted by Gasteiger charge is 2.27. The predicted octanol–water partition coefficient (Wildman–Crippen LogP) is 1.55. The molecule has 2 atom stereocenters. The van der Waals surface area contributed by atoms with Gasteiger partial charge in [0.1, 0.15) is 18.1 Å². The van der Waals surface area contributed by atoms with Gasteiger partial charge in [0.05, 0.1) is 18.3 Å². The molecule has 33 heavy (non-hydrogen) atoms. The molecule has 0 aliphatic carbocycles. The first-order valence-corrected chi connectivity index (χ1v) is 10.8. The molecule has 1 aliphatic rings. The van der Waals surface area contributed by atoms with Crippen molar-refractivity contribution in [3.8, 4) is 6.07 Å². The van der Waals surface area contributed by atoms with Crippen molar-refractivity contribution >= 4 is 5.91 Å². The number of halogens is 1. The highest BCUT2D eigenvalue weighted by Crippen LogP contribution is 2.26. The van der Waals surface area contributed by atoms with Crippen LogP contribution in [0.15, 0.2) is 34.0 Å². The van der Waals surface area contributed by atoms with Crippen LogP contribution in [0.2, 0.25) is 0 Å². The van der Waals surface area contributed by atoms with Crippen molar-refractivity contribution in [1.82, 2.24) is 14.0 Å². The molecule has 10 heteroatoms. The van der Waals surface area contributed by atoms with Crippen LogP contribution in [0, 0.1) is 24.1 Å². The van der Waals surface area contributed by atoms with E-state index >= 15 is 0 Å². The molecule has 1 amide bonds. The summed E-state index contributed by atoms with van der Waals surface area (Å²) in [5, 5.41) is 18.2. The van der Waals surface area contributed by atoms with Crippen LogP contribution in [0.25, 0.3) is 0 Å². The first-order chi connectivity index (χ1) is 15.8. The van der Waals surface area contributed by atoms with Crippen LogP contribution in [0.3, 0.4) is 0 Å². The van der Waals surface area contributed by atoms with Gasteiger partial charge in [0.2, 0.25) is 0 Å². The molecule has 2 aromatic rings. The van der Waals surface area contributed by atoms with Crippen molar-refractivity contribution in [2.45, 2.75) is 51.5 Å². The van der Waals surface area contributed by atoms with Gasteiger partial charge in [0, 0.05) is 37.5 Å². The van der Waals surface area contributed by atoms with Gasteiger partial charge in [0.15, 0.2) is 0 Å². The SMILES string of the molecule is Cc1cn([C@H]2CC[C@@H](CO)O2)c(=O)n(CCCCN(C)C(=O)c2ccc(F)c(C#N)c2)c1=O. The summed E-state index contributed by atoms with van der Waals surface area (Å²) in [4.78, 5) is 39.4. The van der Waals surface area contributed by atoms with Gasteiger partial charge in [-0.15, -0.1) is 0 Å². The van der Waals surface area contributed by atoms with E-state index in [1.807, 2.05) is 0 Å². The minimum absolute atomic E-state index is 0.119. The molecule has 176 valence electrons. The molecule has 0 spiro atoms. The van der Waals surface area contributed by atoms with Gasteiger partial charge < -0.3 is 14.7 Å². The molecule has 0 saturated carbocycles. The van der Waals surface area contributed by atoms with E-state index in [0.717, 1.165) is 6.07 Å². The number of nitriles is 1. The summed E-state index contributed by atoms with van der Waals surface area (Å²) in [6, 6.07) is 5.35. The molecular formula is C23H27FN4O5. The van der Waals surface area contributed by atoms with Crippen LogP contribution < -0.4 is 11.2 Å². The van der Waals surface area contributed by atoms with Crippen molar-refractivity contribution in [2.75, 3.05) is 20.2 Å². The number of amides is 1. The standard InChI is InChI=1S/C23H27FN4O5/c1-15-13-28(20-8-6-18(14-29)33-20)23(32)27(21(15)30)10-4-3-9-26(2)22(31)16-5-7-19(24)17(11-16)12-25/h5,7,11,13,18,20,29H,3-4,6,8-10,14H2,1-2H3/t18-,20+/m0/s1. The molecule has 1 aromatic heterocycles. The van der Waals surface area contributed by atoms with Gasteiger partial charge in [0.25, 0.3) is 11.5 Å². The average molecular weight is 458 g/mol. The van der Waals surface area contributed by atoms with E-state index in [1.165, 1.54) is 32.4 Å². The first-order valence-electron chi connectivity index (χ1n) is 10.8. The van der Waals surface area contributed by atoms with Crippen molar-refractivity contribution < 1.29 is 19.0 Å². The number of aliphatic hydroxyl groups excluding tert-OH is 1. The number of unbranched alkanes of at least 4 members (excludes halogenated alkanes) is 1. The Morgan fingerprint density at radius 3 is 2.76 bits per heavy atom. The molecule has 1 aromatic carbocycles. The summed E-state index contributed by atoms with van der Waals surface area (Å²) in [6.07, 6.45) is 2.88. The summed E-state index contributed by atoms with van der Waals surface area (Å²) in [5.41, 5.74) is -0.392.